The summed E-state index contributed by atoms with van der Waals surface area (Å²) in [4.78, 5) is 28.0. The number of anilines is 2. The Bertz CT molecular complexity index is 855. The summed E-state index contributed by atoms with van der Waals surface area (Å²) in [6, 6.07) is 6.36. The Labute approximate surface area is 160 Å². The fraction of sp³-hybridized carbons (Fsp3) is 0.476. The monoisotopic (exact) mass is 365 g/mol. The summed E-state index contributed by atoms with van der Waals surface area (Å²) in [7, 11) is 4.00. The Kier molecular flexibility index (Phi) is 4.97. The summed E-state index contributed by atoms with van der Waals surface area (Å²) >= 11 is 0. The average molecular weight is 365 g/mol. The molecule has 2 aliphatic rings. The third-order valence-corrected chi connectivity index (χ3v) is 5.60. The second-order valence-corrected chi connectivity index (χ2v) is 7.59. The first-order chi connectivity index (χ1) is 13.1. The van der Waals surface area contributed by atoms with Crippen molar-refractivity contribution in [3.8, 4) is 0 Å². The minimum atomic E-state index is 0.182. The van der Waals surface area contributed by atoms with Crippen LogP contribution in [0.2, 0.25) is 0 Å². The molecule has 0 saturated carbocycles. The second kappa shape index (κ2) is 7.55. The van der Waals surface area contributed by atoms with Gasteiger partial charge in [-0.15, -0.1) is 0 Å². The lowest BCUT2D eigenvalue weighted by atomic mass is 9.93. The topological polar surface area (TPSA) is 52.6 Å². The molecule has 1 atom stereocenters. The summed E-state index contributed by atoms with van der Waals surface area (Å²) < 4.78 is 0. The number of piperazine rings is 1. The standard InChI is InChI=1S/C21H27N5O/c1-24(2)20-18-14-17(8-9-19(18)22-15-23-20)25-10-12-26(13-11-25)21(27)16-6-4-3-5-7-16/h3-4,8-9,14-16H,5-7,10-13H2,1-2H3. The van der Waals surface area contributed by atoms with Gasteiger partial charge in [0.25, 0.3) is 0 Å². The van der Waals surface area contributed by atoms with Crippen LogP contribution in [0.5, 0.6) is 0 Å². The van der Waals surface area contributed by atoms with Gasteiger partial charge in [0.2, 0.25) is 5.91 Å². The maximum Gasteiger partial charge on any atom is 0.226 e. The summed E-state index contributed by atoms with van der Waals surface area (Å²) in [5, 5.41) is 1.06. The van der Waals surface area contributed by atoms with E-state index in [0.29, 0.717) is 5.91 Å². The van der Waals surface area contributed by atoms with E-state index in [0.717, 1.165) is 62.2 Å². The van der Waals surface area contributed by atoms with Crippen LogP contribution in [0.15, 0.2) is 36.7 Å². The minimum absolute atomic E-state index is 0.182. The van der Waals surface area contributed by atoms with E-state index >= 15 is 0 Å². The van der Waals surface area contributed by atoms with Crippen LogP contribution >= 0.6 is 0 Å². The first-order valence-corrected chi connectivity index (χ1v) is 9.74. The predicted molar refractivity (Wildman–Crippen MR) is 109 cm³/mol. The fourth-order valence-corrected chi connectivity index (χ4v) is 4.05. The van der Waals surface area contributed by atoms with Crippen molar-refractivity contribution in [1.29, 1.82) is 0 Å². The zero-order valence-corrected chi connectivity index (χ0v) is 16.1. The lowest BCUT2D eigenvalue weighted by Gasteiger charge is -2.38. The van der Waals surface area contributed by atoms with Crippen molar-refractivity contribution in [2.45, 2.75) is 19.3 Å². The summed E-state index contributed by atoms with van der Waals surface area (Å²) in [6.07, 6.45) is 8.88. The van der Waals surface area contributed by atoms with E-state index in [-0.39, 0.29) is 5.92 Å². The predicted octanol–water partition coefficient (Wildman–Crippen LogP) is 2.70. The number of nitrogens with zero attached hydrogens (tertiary/aromatic N) is 5. The van der Waals surface area contributed by atoms with Crippen molar-refractivity contribution in [2.75, 3.05) is 50.1 Å². The van der Waals surface area contributed by atoms with Gasteiger partial charge in [0.15, 0.2) is 0 Å². The first kappa shape index (κ1) is 17.8. The molecule has 1 saturated heterocycles. The maximum absolute atomic E-state index is 12.7. The molecule has 1 aliphatic heterocycles. The van der Waals surface area contributed by atoms with Gasteiger partial charge in [-0.3, -0.25) is 4.79 Å². The van der Waals surface area contributed by atoms with Crippen molar-refractivity contribution in [3.63, 3.8) is 0 Å². The average Bonchev–Trinajstić information content (AvgIpc) is 2.73. The molecule has 6 heteroatoms. The molecule has 1 aliphatic carbocycles. The molecule has 2 heterocycles. The number of allylic oxidation sites excluding steroid dienone is 2. The van der Waals surface area contributed by atoms with E-state index in [1.54, 1.807) is 6.33 Å². The number of aromatic nitrogens is 2. The van der Waals surface area contributed by atoms with Gasteiger partial charge in [-0.1, -0.05) is 12.2 Å². The molecule has 4 rings (SSSR count). The highest BCUT2D eigenvalue weighted by atomic mass is 16.2. The third kappa shape index (κ3) is 3.61. The molecule has 1 unspecified atom stereocenters. The first-order valence-electron chi connectivity index (χ1n) is 9.74. The van der Waals surface area contributed by atoms with Gasteiger partial charge in [0.05, 0.1) is 5.52 Å². The van der Waals surface area contributed by atoms with Crippen LogP contribution in [0, 0.1) is 5.92 Å². The number of benzene rings is 1. The lowest BCUT2D eigenvalue weighted by molar-refractivity contribution is -0.136. The van der Waals surface area contributed by atoms with Crippen LogP contribution in [0.25, 0.3) is 10.9 Å². The molecule has 0 radical (unpaired) electrons. The Morgan fingerprint density at radius 1 is 1.11 bits per heavy atom. The Hall–Kier alpha value is -2.63. The molecule has 6 nitrogen and oxygen atoms in total. The van der Waals surface area contributed by atoms with Crippen LogP contribution < -0.4 is 9.80 Å². The molecular formula is C21H27N5O. The van der Waals surface area contributed by atoms with Gasteiger partial charge in [0.1, 0.15) is 12.1 Å². The number of amides is 1. The lowest BCUT2D eigenvalue weighted by Crippen LogP contribution is -2.50. The minimum Gasteiger partial charge on any atom is -0.368 e. The van der Waals surface area contributed by atoms with E-state index < -0.39 is 0 Å². The highest BCUT2D eigenvalue weighted by Gasteiger charge is 2.27. The van der Waals surface area contributed by atoms with Gasteiger partial charge < -0.3 is 14.7 Å². The molecule has 0 bridgehead atoms. The summed E-state index contributed by atoms with van der Waals surface area (Å²) in [5.41, 5.74) is 2.13. The fourth-order valence-electron chi connectivity index (χ4n) is 4.05. The number of rotatable bonds is 3. The van der Waals surface area contributed by atoms with E-state index in [9.17, 15) is 4.79 Å². The van der Waals surface area contributed by atoms with E-state index in [1.807, 2.05) is 19.0 Å². The Morgan fingerprint density at radius 3 is 2.63 bits per heavy atom. The van der Waals surface area contributed by atoms with Crippen molar-refractivity contribution >= 4 is 28.3 Å². The molecule has 27 heavy (non-hydrogen) atoms. The van der Waals surface area contributed by atoms with E-state index in [1.165, 1.54) is 5.69 Å². The van der Waals surface area contributed by atoms with Crippen molar-refractivity contribution in [2.24, 2.45) is 5.92 Å². The molecule has 1 fully saturated rings. The Balaban J connectivity index is 1.47. The van der Waals surface area contributed by atoms with Crippen LogP contribution in [-0.4, -0.2) is 61.0 Å². The highest BCUT2D eigenvalue weighted by molar-refractivity contribution is 5.91. The normalized spacial score (nSPS) is 20.1. The van der Waals surface area contributed by atoms with Crippen LogP contribution in [0.3, 0.4) is 0 Å². The van der Waals surface area contributed by atoms with E-state index in [4.69, 9.17) is 0 Å². The zero-order valence-electron chi connectivity index (χ0n) is 16.1. The van der Waals surface area contributed by atoms with Gasteiger partial charge in [0, 0.05) is 57.3 Å². The van der Waals surface area contributed by atoms with Crippen molar-refractivity contribution in [1.82, 2.24) is 14.9 Å². The van der Waals surface area contributed by atoms with Crippen LogP contribution in [-0.2, 0) is 4.79 Å². The zero-order chi connectivity index (χ0) is 18.8. The molecule has 1 amide bonds. The van der Waals surface area contributed by atoms with E-state index in [2.05, 4.69) is 50.1 Å². The SMILES string of the molecule is CN(C)c1ncnc2ccc(N3CCN(C(=O)C4CC=CCC4)CC3)cc12. The van der Waals surface area contributed by atoms with Gasteiger partial charge in [-0.2, -0.15) is 0 Å². The van der Waals surface area contributed by atoms with Crippen molar-refractivity contribution in [3.05, 3.63) is 36.7 Å². The molecule has 1 aromatic carbocycles. The van der Waals surface area contributed by atoms with Crippen LogP contribution in [0.1, 0.15) is 19.3 Å². The Morgan fingerprint density at radius 2 is 1.93 bits per heavy atom. The summed E-state index contributed by atoms with van der Waals surface area (Å²) in [5.74, 6) is 1.45. The maximum atomic E-state index is 12.7. The number of carbonyl (C=O) groups is 1. The second-order valence-electron chi connectivity index (χ2n) is 7.59. The third-order valence-electron chi connectivity index (χ3n) is 5.60. The summed E-state index contributed by atoms with van der Waals surface area (Å²) in [6.45, 7) is 3.32. The largest absolute Gasteiger partial charge is 0.368 e. The molecule has 142 valence electrons. The number of fused-ring (bicyclic) bond motifs is 1. The number of carbonyl (C=O) groups excluding carboxylic acids is 1. The molecule has 1 aromatic heterocycles. The smallest absolute Gasteiger partial charge is 0.226 e. The van der Waals surface area contributed by atoms with Gasteiger partial charge >= 0.3 is 0 Å². The number of hydrogen-bond donors (Lipinski definition) is 0. The molecule has 0 N–H and O–H groups in total. The van der Waals surface area contributed by atoms with Gasteiger partial charge in [-0.05, 0) is 37.5 Å². The molecular weight excluding hydrogens is 338 g/mol. The van der Waals surface area contributed by atoms with Crippen LogP contribution in [0.4, 0.5) is 11.5 Å². The van der Waals surface area contributed by atoms with Crippen molar-refractivity contribution < 1.29 is 4.79 Å². The molecule has 0 spiro atoms. The quantitative estimate of drug-likeness (QED) is 0.783. The molecule has 2 aromatic rings. The highest BCUT2D eigenvalue weighted by Crippen LogP contribution is 2.28. The van der Waals surface area contributed by atoms with Gasteiger partial charge in [-0.25, -0.2) is 9.97 Å². The number of hydrogen-bond acceptors (Lipinski definition) is 5.